The van der Waals surface area contributed by atoms with E-state index in [1.54, 1.807) is 46.0 Å². The third kappa shape index (κ3) is 6.49. The van der Waals surface area contributed by atoms with Gasteiger partial charge in [-0.2, -0.15) is 13.2 Å². The number of carbonyl (C=O) groups excluding carboxylic acids is 2. The molecule has 0 bridgehead atoms. The summed E-state index contributed by atoms with van der Waals surface area (Å²) in [7, 11) is 0. The van der Waals surface area contributed by atoms with Gasteiger partial charge in [0.05, 0.1) is 24.6 Å². The summed E-state index contributed by atoms with van der Waals surface area (Å²) in [6, 6.07) is 7.02. The third-order valence-corrected chi connectivity index (χ3v) is 5.80. The van der Waals surface area contributed by atoms with Crippen LogP contribution in [0.5, 0.6) is 0 Å². The molecule has 0 aliphatic heterocycles. The van der Waals surface area contributed by atoms with E-state index in [1.165, 1.54) is 17.0 Å². The highest BCUT2D eigenvalue weighted by Crippen LogP contribution is 2.48. The predicted molar refractivity (Wildman–Crippen MR) is 123 cm³/mol. The van der Waals surface area contributed by atoms with Crippen molar-refractivity contribution in [3.05, 3.63) is 57.7 Å². The molecule has 1 aliphatic carbocycles. The smallest absolute Gasteiger partial charge is 0.417 e. The van der Waals surface area contributed by atoms with Gasteiger partial charge in [0.15, 0.2) is 0 Å². The van der Waals surface area contributed by atoms with Crippen LogP contribution in [0.3, 0.4) is 0 Å². The molecule has 1 aromatic heterocycles. The third-order valence-electron chi connectivity index (χ3n) is 5.15. The van der Waals surface area contributed by atoms with E-state index in [9.17, 15) is 22.8 Å². The molecule has 0 radical (unpaired) electrons. The second kappa shape index (κ2) is 9.93. The lowest BCUT2D eigenvalue weighted by Crippen LogP contribution is -2.37. The first-order valence-corrected chi connectivity index (χ1v) is 11.6. The molecule has 1 heterocycles. The van der Waals surface area contributed by atoms with E-state index in [0.717, 1.165) is 11.6 Å². The van der Waals surface area contributed by atoms with E-state index in [2.05, 4.69) is 20.9 Å². The number of nitrogens with zero attached hydrogens (tertiary/aromatic N) is 2. The van der Waals surface area contributed by atoms with Crippen LogP contribution in [-0.2, 0) is 27.0 Å². The van der Waals surface area contributed by atoms with Gasteiger partial charge in [0.25, 0.3) is 0 Å². The van der Waals surface area contributed by atoms with Crippen molar-refractivity contribution in [1.82, 2.24) is 4.98 Å². The number of carbonyl (C=O) groups is 2. The molecule has 2 atom stereocenters. The van der Waals surface area contributed by atoms with Gasteiger partial charge in [-0.25, -0.2) is 9.78 Å². The molecule has 1 saturated carbocycles. The number of pyridine rings is 1. The molecule has 1 fully saturated rings. The number of hydrogen-bond acceptors (Lipinski definition) is 5. The Morgan fingerprint density at radius 2 is 1.88 bits per heavy atom. The molecule has 1 aromatic carbocycles. The quantitative estimate of drug-likeness (QED) is 0.391. The fourth-order valence-corrected chi connectivity index (χ4v) is 4.13. The second-order valence-electron chi connectivity index (χ2n) is 9.03. The van der Waals surface area contributed by atoms with Crippen molar-refractivity contribution < 1.29 is 32.2 Å². The summed E-state index contributed by atoms with van der Waals surface area (Å²) in [4.78, 5) is 30.5. The number of amides is 1. The monoisotopic (exact) mass is 542 g/mol. The normalized spacial score (nSPS) is 17.8. The maximum atomic E-state index is 13.1. The highest BCUT2D eigenvalue weighted by molar-refractivity contribution is 9.10. The summed E-state index contributed by atoms with van der Waals surface area (Å²) in [6.45, 7) is 7.19. The number of benzene rings is 1. The van der Waals surface area contributed by atoms with Gasteiger partial charge in [-0.1, -0.05) is 28.1 Å². The molecule has 10 heteroatoms. The Morgan fingerprint density at radius 1 is 1.18 bits per heavy atom. The fourth-order valence-electron chi connectivity index (χ4n) is 3.48. The van der Waals surface area contributed by atoms with Gasteiger partial charge >= 0.3 is 18.2 Å². The van der Waals surface area contributed by atoms with Gasteiger partial charge < -0.3 is 9.47 Å². The molecule has 1 aliphatic rings. The minimum atomic E-state index is -4.50. The summed E-state index contributed by atoms with van der Waals surface area (Å²) in [5.41, 5.74) is -0.274. The molecule has 0 unspecified atom stereocenters. The standard InChI is InChI=1S/C24H26BrF3N2O4/c1-5-33-21(31)17-11-16(17)15-7-9-20(29-12-15)30(22(32)34-23(2,3)4)13-14-6-8-18(19(25)10-14)24(26,27)28/h6-10,12,16-17H,5,11,13H2,1-4H3/t16-,17+/m1/s1. The molecule has 2 aromatic rings. The summed E-state index contributed by atoms with van der Waals surface area (Å²) < 4.78 is 49.7. The van der Waals surface area contributed by atoms with Crippen LogP contribution in [0.2, 0.25) is 0 Å². The molecule has 6 nitrogen and oxygen atoms in total. The molecular weight excluding hydrogens is 517 g/mol. The Labute approximate surface area is 204 Å². The van der Waals surface area contributed by atoms with Crippen LogP contribution < -0.4 is 4.90 Å². The van der Waals surface area contributed by atoms with E-state index >= 15 is 0 Å². The Morgan fingerprint density at radius 3 is 2.41 bits per heavy atom. The highest BCUT2D eigenvalue weighted by Gasteiger charge is 2.45. The van der Waals surface area contributed by atoms with Crippen LogP contribution in [0, 0.1) is 5.92 Å². The van der Waals surface area contributed by atoms with E-state index in [0.29, 0.717) is 18.6 Å². The average molecular weight is 543 g/mol. The molecule has 184 valence electrons. The van der Waals surface area contributed by atoms with E-state index in [-0.39, 0.29) is 34.6 Å². The Kier molecular flexibility index (Phi) is 7.59. The number of anilines is 1. The average Bonchev–Trinajstić information content (AvgIpc) is 3.51. The lowest BCUT2D eigenvalue weighted by molar-refractivity contribution is -0.144. The Bertz CT molecular complexity index is 1050. The zero-order valence-corrected chi connectivity index (χ0v) is 20.9. The first-order chi connectivity index (χ1) is 15.8. The maximum absolute atomic E-state index is 13.1. The van der Waals surface area contributed by atoms with Crippen LogP contribution >= 0.6 is 15.9 Å². The molecule has 0 spiro atoms. The number of hydrogen-bond donors (Lipinski definition) is 0. The molecule has 0 N–H and O–H groups in total. The first-order valence-electron chi connectivity index (χ1n) is 10.8. The summed E-state index contributed by atoms with van der Waals surface area (Å²) in [5.74, 6) is -0.136. The lowest BCUT2D eigenvalue weighted by Gasteiger charge is -2.27. The largest absolute Gasteiger partial charge is 0.466 e. The van der Waals surface area contributed by atoms with Crippen LogP contribution in [0.1, 0.15) is 56.7 Å². The van der Waals surface area contributed by atoms with E-state index in [1.807, 2.05) is 0 Å². The fraction of sp³-hybridized carbons (Fsp3) is 0.458. The number of alkyl halides is 3. The summed E-state index contributed by atoms with van der Waals surface area (Å²) in [5, 5.41) is 0. The molecular formula is C24H26BrF3N2O4. The first kappa shape index (κ1) is 26.0. The van der Waals surface area contributed by atoms with Gasteiger partial charge in [-0.3, -0.25) is 9.69 Å². The number of ether oxygens (including phenoxy) is 2. The van der Waals surface area contributed by atoms with Gasteiger partial charge in [-0.15, -0.1) is 0 Å². The van der Waals surface area contributed by atoms with Crippen LogP contribution in [0.25, 0.3) is 0 Å². The zero-order valence-electron chi connectivity index (χ0n) is 19.3. The Hall–Kier alpha value is -2.62. The van der Waals surface area contributed by atoms with Crippen molar-refractivity contribution in [3.8, 4) is 0 Å². The van der Waals surface area contributed by atoms with Crippen molar-refractivity contribution in [2.75, 3.05) is 11.5 Å². The topological polar surface area (TPSA) is 68.7 Å². The lowest BCUT2D eigenvalue weighted by atomic mass is 10.1. The molecule has 0 saturated heterocycles. The number of esters is 1. The SMILES string of the molecule is CCOC(=O)[C@H]1C[C@@H]1c1ccc(N(Cc2ccc(C(F)(F)F)c(Br)c2)C(=O)OC(C)(C)C)nc1. The number of rotatable bonds is 6. The minimum Gasteiger partial charge on any atom is -0.466 e. The summed E-state index contributed by atoms with van der Waals surface area (Å²) >= 11 is 2.97. The van der Waals surface area contributed by atoms with Crippen LogP contribution in [0.15, 0.2) is 41.0 Å². The predicted octanol–water partition coefficient (Wildman–Crippen LogP) is 6.47. The van der Waals surface area contributed by atoms with Crippen LogP contribution in [0.4, 0.5) is 23.8 Å². The zero-order chi connectivity index (χ0) is 25.3. The number of aromatic nitrogens is 1. The van der Waals surface area contributed by atoms with Gasteiger partial charge in [0.2, 0.25) is 0 Å². The van der Waals surface area contributed by atoms with Gasteiger partial charge in [0.1, 0.15) is 11.4 Å². The van der Waals surface area contributed by atoms with E-state index < -0.39 is 23.4 Å². The minimum absolute atomic E-state index is 0.0152. The van der Waals surface area contributed by atoms with E-state index in [4.69, 9.17) is 9.47 Å². The van der Waals surface area contributed by atoms with Crippen molar-refractivity contribution in [1.29, 1.82) is 0 Å². The van der Waals surface area contributed by atoms with Gasteiger partial charge in [0, 0.05) is 10.7 Å². The summed E-state index contributed by atoms with van der Waals surface area (Å²) in [6.07, 6.45) is -2.90. The maximum Gasteiger partial charge on any atom is 0.417 e. The van der Waals surface area contributed by atoms with Crippen LogP contribution in [-0.4, -0.2) is 29.3 Å². The van der Waals surface area contributed by atoms with Gasteiger partial charge in [-0.05, 0) is 69.4 Å². The molecule has 1 amide bonds. The highest BCUT2D eigenvalue weighted by atomic mass is 79.9. The molecule has 3 rings (SSSR count). The second-order valence-corrected chi connectivity index (χ2v) is 9.88. The molecule has 34 heavy (non-hydrogen) atoms. The number of halogens is 4. The Balaban J connectivity index is 1.83. The van der Waals surface area contributed by atoms with Crippen molar-refractivity contribution in [3.63, 3.8) is 0 Å². The van der Waals surface area contributed by atoms with Crippen molar-refractivity contribution >= 4 is 33.8 Å². The van der Waals surface area contributed by atoms with Crippen molar-refractivity contribution in [2.24, 2.45) is 5.92 Å². The van der Waals surface area contributed by atoms with Crippen molar-refractivity contribution in [2.45, 2.75) is 58.4 Å².